The molecule has 0 radical (unpaired) electrons. The number of likely N-dealkylation sites (tertiary alicyclic amines) is 1. The number of nitrogens with zero attached hydrogens (tertiary/aromatic N) is 2. The van der Waals surface area contributed by atoms with Crippen molar-refractivity contribution >= 4 is 11.7 Å². The smallest absolute Gasteiger partial charge is 0.310 e. The lowest BCUT2D eigenvalue weighted by Gasteiger charge is -2.34. The zero-order valence-corrected chi connectivity index (χ0v) is 12.5. The van der Waals surface area contributed by atoms with Crippen LogP contribution in [-0.2, 0) is 4.79 Å². The molecule has 2 unspecified atom stereocenters. The van der Waals surface area contributed by atoms with Gasteiger partial charge in [0.15, 0.2) is 5.75 Å². The highest BCUT2D eigenvalue weighted by Gasteiger charge is 2.29. The fourth-order valence-electron chi connectivity index (χ4n) is 2.84. The molecule has 0 saturated carbocycles. The molecule has 1 aliphatic heterocycles. The van der Waals surface area contributed by atoms with Gasteiger partial charge in [0.1, 0.15) is 6.61 Å². The number of nitro benzene ring substituents is 1. The second kappa shape index (κ2) is 7.22. The number of ether oxygens (including phenoxy) is 1. The van der Waals surface area contributed by atoms with E-state index in [9.17, 15) is 14.9 Å². The lowest BCUT2D eigenvalue weighted by molar-refractivity contribution is -0.385. The summed E-state index contributed by atoms with van der Waals surface area (Å²) in [5.41, 5.74) is -0.0575. The van der Waals surface area contributed by atoms with E-state index in [2.05, 4.69) is 0 Å². The maximum Gasteiger partial charge on any atom is 0.310 e. The first-order valence-corrected chi connectivity index (χ1v) is 7.28. The van der Waals surface area contributed by atoms with E-state index in [0.29, 0.717) is 32.0 Å². The summed E-state index contributed by atoms with van der Waals surface area (Å²) in [6.45, 7) is 4.21. The summed E-state index contributed by atoms with van der Waals surface area (Å²) in [4.78, 5) is 23.6. The average Bonchev–Trinajstić information content (AvgIpc) is 2.47. The number of carboxylic acid groups (broad SMARTS) is 1. The number of aliphatic carboxylic acids is 1. The number of hydrogen-bond donors (Lipinski definition) is 1. The van der Waals surface area contributed by atoms with Gasteiger partial charge in [-0.15, -0.1) is 0 Å². The maximum absolute atomic E-state index is 11.1. The van der Waals surface area contributed by atoms with Gasteiger partial charge in [0.05, 0.1) is 10.8 Å². The highest BCUT2D eigenvalue weighted by atomic mass is 16.6. The number of piperidine rings is 1. The van der Waals surface area contributed by atoms with Crippen LogP contribution in [-0.4, -0.2) is 47.1 Å². The van der Waals surface area contributed by atoms with E-state index in [1.54, 1.807) is 18.2 Å². The molecule has 1 N–H and O–H groups in total. The summed E-state index contributed by atoms with van der Waals surface area (Å²) in [5, 5.41) is 20.0. The van der Waals surface area contributed by atoms with Crippen molar-refractivity contribution in [2.45, 2.75) is 13.3 Å². The third-order valence-corrected chi connectivity index (χ3v) is 3.81. The molecule has 7 heteroatoms. The van der Waals surface area contributed by atoms with E-state index in [1.165, 1.54) is 6.07 Å². The van der Waals surface area contributed by atoms with Crippen LogP contribution in [0, 0.1) is 22.0 Å². The molecule has 7 nitrogen and oxygen atoms in total. The van der Waals surface area contributed by atoms with Crippen LogP contribution in [0.1, 0.15) is 13.3 Å². The van der Waals surface area contributed by atoms with Gasteiger partial charge >= 0.3 is 11.7 Å². The van der Waals surface area contributed by atoms with E-state index < -0.39 is 10.9 Å². The Hall–Kier alpha value is -2.15. The second-order valence-corrected chi connectivity index (χ2v) is 5.71. The first kappa shape index (κ1) is 16.2. The Balaban J connectivity index is 1.88. The maximum atomic E-state index is 11.1. The van der Waals surface area contributed by atoms with Crippen molar-refractivity contribution < 1.29 is 19.6 Å². The number of para-hydroxylation sites is 2. The minimum atomic E-state index is -0.767. The van der Waals surface area contributed by atoms with Crippen molar-refractivity contribution in [3.05, 3.63) is 34.4 Å². The van der Waals surface area contributed by atoms with Gasteiger partial charge in [-0.2, -0.15) is 0 Å². The molecular weight excluding hydrogens is 288 g/mol. The van der Waals surface area contributed by atoms with Crippen LogP contribution in [0.3, 0.4) is 0 Å². The molecule has 0 aromatic heterocycles. The number of carboxylic acids is 1. The van der Waals surface area contributed by atoms with Gasteiger partial charge in [0.25, 0.3) is 0 Å². The highest BCUT2D eigenvalue weighted by molar-refractivity contribution is 5.70. The molecule has 1 saturated heterocycles. The van der Waals surface area contributed by atoms with Crippen LogP contribution in [0.2, 0.25) is 0 Å². The molecule has 0 aliphatic carbocycles. The summed E-state index contributed by atoms with van der Waals surface area (Å²) >= 11 is 0. The zero-order chi connectivity index (χ0) is 16.1. The summed E-state index contributed by atoms with van der Waals surface area (Å²) in [7, 11) is 0. The van der Waals surface area contributed by atoms with Crippen LogP contribution in [0.4, 0.5) is 5.69 Å². The predicted octanol–water partition coefficient (Wildman–Crippen LogP) is 2.02. The van der Waals surface area contributed by atoms with Gasteiger partial charge in [-0.3, -0.25) is 19.8 Å². The SMILES string of the molecule is CC1CC(C(=O)O)CN(CCOc2ccccc2[N+](=O)[O-])C1. The third kappa shape index (κ3) is 4.17. The molecule has 120 valence electrons. The first-order chi connectivity index (χ1) is 10.5. The summed E-state index contributed by atoms with van der Waals surface area (Å²) < 4.78 is 5.50. The van der Waals surface area contributed by atoms with E-state index in [0.717, 1.165) is 6.54 Å². The molecule has 1 aromatic carbocycles. The quantitative estimate of drug-likeness (QED) is 0.638. The largest absolute Gasteiger partial charge is 0.485 e. The number of hydrogen-bond acceptors (Lipinski definition) is 5. The van der Waals surface area contributed by atoms with Gasteiger partial charge in [0.2, 0.25) is 0 Å². The van der Waals surface area contributed by atoms with Crippen molar-refractivity contribution in [3.63, 3.8) is 0 Å². The van der Waals surface area contributed by atoms with E-state index in [4.69, 9.17) is 9.84 Å². The average molecular weight is 308 g/mol. The second-order valence-electron chi connectivity index (χ2n) is 5.71. The van der Waals surface area contributed by atoms with Gasteiger partial charge in [-0.05, 0) is 18.4 Å². The van der Waals surface area contributed by atoms with Crippen LogP contribution >= 0.6 is 0 Å². The number of rotatable bonds is 6. The van der Waals surface area contributed by atoms with Crippen molar-refractivity contribution in [2.24, 2.45) is 11.8 Å². The molecule has 0 spiro atoms. The van der Waals surface area contributed by atoms with Gasteiger partial charge in [-0.25, -0.2) is 0 Å². The Morgan fingerprint density at radius 3 is 2.86 bits per heavy atom. The van der Waals surface area contributed by atoms with Crippen LogP contribution in [0.5, 0.6) is 5.75 Å². The molecule has 2 rings (SSSR count). The fourth-order valence-corrected chi connectivity index (χ4v) is 2.84. The van der Waals surface area contributed by atoms with Crippen molar-refractivity contribution in [3.8, 4) is 5.75 Å². The third-order valence-electron chi connectivity index (χ3n) is 3.81. The van der Waals surface area contributed by atoms with Crippen molar-refractivity contribution in [1.29, 1.82) is 0 Å². The Labute approximate surface area is 128 Å². The minimum Gasteiger partial charge on any atom is -0.485 e. The van der Waals surface area contributed by atoms with Crippen LogP contribution in [0.25, 0.3) is 0 Å². The summed E-state index contributed by atoms with van der Waals surface area (Å²) in [5.74, 6) is -0.556. The molecule has 22 heavy (non-hydrogen) atoms. The van der Waals surface area contributed by atoms with Gasteiger partial charge in [-0.1, -0.05) is 19.1 Å². The van der Waals surface area contributed by atoms with Crippen LogP contribution in [0.15, 0.2) is 24.3 Å². The number of benzene rings is 1. The number of carbonyl (C=O) groups is 1. The van der Waals surface area contributed by atoms with Gasteiger partial charge < -0.3 is 9.84 Å². The monoisotopic (exact) mass is 308 g/mol. The lowest BCUT2D eigenvalue weighted by Crippen LogP contribution is -2.44. The molecule has 1 aliphatic rings. The summed E-state index contributed by atoms with van der Waals surface area (Å²) in [6.07, 6.45) is 0.691. The lowest BCUT2D eigenvalue weighted by atomic mass is 9.90. The fraction of sp³-hybridized carbons (Fsp3) is 0.533. The molecule has 2 atom stereocenters. The Morgan fingerprint density at radius 1 is 1.45 bits per heavy atom. The number of nitro groups is 1. The molecular formula is C15H20N2O5. The normalized spacial score (nSPS) is 22.2. The zero-order valence-electron chi connectivity index (χ0n) is 12.5. The van der Waals surface area contributed by atoms with E-state index in [1.807, 2.05) is 11.8 Å². The van der Waals surface area contributed by atoms with E-state index in [-0.39, 0.29) is 17.4 Å². The van der Waals surface area contributed by atoms with E-state index >= 15 is 0 Å². The van der Waals surface area contributed by atoms with Gasteiger partial charge in [0, 0.05) is 25.7 Å². The molecule has 1 heterocycles. The Kier molecular flexibility index (Phi) is 5.32. The Morgan fingerprint density at radius 2 is 2.18 bits per heavy atom. The van der Waals surface area contributed by atoms with Crippen LogP contribution < -0.4 is 4.74 Å². The highest BCUT2D eigenvalue weighted by Crippen LogP contribution is 2.26. The van der Waals surface area contributed by atoms with Crippen molar-refractivity contribution in [1.82, 2.24) is 4.90 Å². The molecule has 0 amide bonds. The topological polar surface area (TPSA) is 92.9 Å². The standard InChI is InChI=1S/C15H20N2O5/c1-11-8-12(15(18)19)10-16(9-11)6-7-22-14-5-3-2-4-13(14)17(20)21/h2-5,11-12H,6-10H2,1H3,(H,18,19). The predicted molar refractivity (Wildman–Crippen MR) is 79.9 cm³/mol. The molecule has 1 fully saturated rings. The first-order valence-electron chi connectivity index (χ1n) is 7.28. The van der Waals surface area contributed by atoms with Crippen molar-refractivity contribution in [2.75, 3.05) is 26.2 Å². The minimum absolute atomic E-state index is 0.0575. The Bertz CT molecular complexity index is 548. The molecule has 0 bridgehead atoms. The summed E-state index contributed by atoms with van der Waals surface area (Å²) in [6, 6.07) is 6.25. The molecule has 1 aromatic rings.